The summed E-state index contributed by atoms with van der Waals surface area (Å²) in [7, 11) is 0. The van der Waals surface area contributed by atoms with Gasteiger partial charge in [-0.05, 0) is 30.4 Å². The Morgan fingerprint density at radius 3 is 3.17 bits per heavy atom. The molecule has 3 N–H and O–H groups in total. The summed E-state index contributed by atoms with van der Waals surface area (Å²) in [5.41, 5.74) is 6.55. The van der Waals surface area contributed by atoms with E-state index in [1.165, 1.54) is 6.42 Å². The first kappa shape index (κ1) is 13.0. The van der Waals surface area contributed by atoms with Crippen molar-refractivity contribution in [2.45, 2.75) is 44.7 Å². The Hall–Kier alpha value is -1.42. The van der Waals surface area contributed by atoms with Crippen LogP contribution in [0.1, 0.15) is 38.2 Å². The molecule has 1 aliphatic carbocycles. The van der Waals surface area contributed by atoms with Crippen LogP contribution in [-0.2, 0) is 11.3 Å². The second kappa shape index (κ2) is 5.48. The Labute approximate surface area is 108 Å². The maximum Gasteiger partial charge on any atom is 0.240 e. The molecule has 1 aromatic heterocycles. The fraction of sp³-hybridized carbons (Fsp3) is 0.571. The molecule has 0 aliphatic heterocycles. The molecule has 4 nitrogen and oxygen atoms in total. The van der Waals surface area contributed by atoms with Gasteiger partial charge in [-0.25, -0.2) is 0 Å². The molecular formula is C14H21N3O. The average Bonchev–Trinajstić information content (AvgIpc) is 2.37. The minimum Gasteiger partial charge on any atom is -0.350 e. The van der Waals surface area contributed by atoms with E-state index in [0.717, 1.165) is 24.8 Å². The molecule has 18 heavy (non-hydrogen) atoms. The quantitative estimate of drug-likeness (QED) is 0.852. The topological polar surface area (TPSA) is 68.0 Å². The number of amides is 1. The number of carbonyl (C=O) groups is 1. The molecule has 2 rings (SSSR count). The first-order valence-electron chi connectivity index (χ1n) is 6.56. The molecule has 0 radical (unpaired) electrons. The Bertz CT molecular complexity index is 407. The van der Waals surface area contributed by atoms with E-state index in [2.05, 4.69) is 17.2 Å². The molecule has 1 heterocycles. The summed E-state index contributed by atoms with van der Waals surface area (Å²) in [6.07, 6.45) is 7.26. The highest BCUT2D eigenvalue weighted by molar-refractivity contribution is 5.86. The highest BCUT2D eigenvalue weighted by Crippen LogP contribution is 2.30. The number of rotatable bonds is 3. The van der Waals surface area contributed by atoms with Crippen LogP contribution in [0.15, 0.2) is 24.5 Å². The van der Waals surface area contributed by atoms with E-state index in [9.17, 15) is 4.79 Å². The third kappa shape index (κ3) is 3.07. The summed E-state index contributed by atoms with van der Waals surface area (Å²) in [5.74, 6) is 0.505. The second-order valence-electron chi connectivity index (χ2n) is 5.40. The molecule has 98 valence electrons. The molecule has 1 fully saturated rings. The standard InChI is InChI=1S/C14H21N3O/c1-11-4-2-6-14(15,8-11)13(18)17-10-12-5-3-7-16-9-12/h3,5,7,9,11H,2,4,6,8,10,15H2,1H3,(H,17,18). The molecule has 1 aromatic rings. The SMILES string of the molecule is CC1CCCC(N)(C(=O)NCc2cccnc2)C1. The summed E-state index contributed by atoms with van der Waals surface area (Å²) < 4.78 is 0. The third-order valence-electron chi connectivity index (χ3n) is 3.66. The van der Waals surface area contributed by atoms with Gasteiger partial charge in [0.25, 0.3) is 0 Å². The van der Waals surface area contributed by atoms with E-state index < -0.39 is 5.54 Å². The monoisotopic (exact) mass is 247 g/mol. The highest BCUT2D eigenvalue weighted by atomic mass is 16.2. The predicted molar refractivity (Wildman–Crippen MR) is 70.6 cm³/mol. The van der Waals surface area contributed by atoms with Crippen LogP contribution in [-0.4, -0.2) is 16.4 Å². The molecular weight excluding hydrogens is 226 g/mol. The number of hydrogen-bond donors (Lipinski definition) is 2. The van der Waals surface area contributed by atoms with Gasteiger partial charge < -0.3 is 11.1 Å². The Kier molecular flexibility index (Phi) is 3.97. The minimum absolute atomic E-state index is 0.0297. The van der Waals surface area contributed by atoms with Crippen LogP contribution in [0.3, 0.4) is 0 Å². The lowest BCUT2D eigenvalue weighted by atomic mass is 9.76. The molecule has 2 unspecified atom stereocenters. The van der Waals surface area contributed by atoms with Crippen LogP contribution in [0.4, 0.5) is 0 Å². The molecule has 2 atom stereocenters. The molecule has 0 spiro atoms. The fourth-order valence-electron chi connectivity index (χ4n) is 2.66. The zero-order valence-corrected chi connectivity index (χ0v) is 10.9. The zero-order valence-electron chi connectivity index (χ0n) is 10.9. The van der Waals surface area contributed by atoms with E-state index in [0.29, 0.717) is 12.5 Å². The van der Waals surface area contributed by atoms with Crippen molar-refractivity contribution < 1.29 is 4.79 Å². The summed E-state index contributed by atoms with van der Waals surface area (Å²) >= 11 is 0. The molecule has 1 amide bonds. The Morgan fingerprint density at radius 1 is 1.67 bits per heavy atom. The summed E-state index contributed by atoms with van der Waals surface area (Å²) in [6.45, 7) is 2.66. The summed E-state index contributed by atoms with van der Waals surface area (Å²) in [5, 5.41) is 2.93. The number of nitrogens with zero attached hydrogens (tertiary/aromatic N) is 1. The predicted octanol–water partition coefficient (Wildman–Crippen LogP) is 1.61. The number of pyridine rings is 1. The van der Waals surface area contributed by atoms with Gasteiger partial charge in [-0.2, -0.15) is 0 Å². The van der Waals surface area contributed by atoms with Gasteiger partial charge in [0, 0.05) is 18.9 Å². The van der Waals surface area contributed by atoms with Gasteiger partial charge >= 0.3 is 0 Å². The molecule has 1 saturated carbocycles. The number of hydrogen-bond acceptors (Lipinski definition) is 3. The van der Waals surface area contributed by atoms with Gasteiger partial charge in [-0.15, -0.1) is 0 Å². The van der Waals surface area contributed by atoms with E-state index >= 15 is 0 Å². The summed E-state index contributed by atoms with van der Waals surface area (Å²) in [4.78, 5) is 16.2. The van der Waals surface area contributed by atoms with Crippen molar-refractivity contribution in [3.63, 3.8) is 0 Å². The van der Waals surface area contributed by atoms with Gasteiger partial charge in [0.15, 0.2) is 0 Å². The number of carbonyl (C=O) groups excluding carboxylic acids is 1. The zero-order chi connectivity index (χ0) is 13.0. The van der Waals surface area contributed by atoms with Crippen molar-refractivity contribution in [3.8, 4) is 0 Å². The van der Waals surface area contributed by atoms with E-state index in [1.54, 1.807) is 12.4 Å². The van der Waals surface area contributed by atoms with E-state index in [4.69, 9.17) is 5.73 Å². The Morgan fingerprint density at radius 2 is 2.50 bits per heavy atom. The number of nitrogens with one attached hydrogen (secondary N) is 1. The van der Waals surface area contributed by atoms with Crippen molar-refractivity contribution in [1.82, 2.24) is 10.3 Å². The van der Waals surface area contributed by atoms with Crippen LogP contribution in [0.5, 0.6) is 0 Å². The molecule has 0 bridgehead atoms. The number of aromatic nitrogens is 1. The van der Waals surface area contributed by atoms with Crippen molar-refractivity contribution in [3.05, 3.63) is 30.1 Å². The highest BCUT2D eigenvalue weighted by Gasteiger charge is 2.37. The van der Waals surface area contributed by atoms with Crippen molar-refractivity contribution >= 4 is 5.91 Å². The lowest BCUT2D eigenvalue weighted by Crippen LogP contribution is -2.56. The van der Waals surface area contributed by atoms with Crippen LogP contribution in [0, 0.1) is 5.92 Å². The van der Waals surface area contributed by atoms with E-state index in [-0.39, 0.29) is 5.91 Å². The second-order valence-corrected chi connectivity index (χ2v) is 5.40. The van der Waals surface area contributed by atoms with Crippen molar-refractivity contribution in [2.75, 3.05) is 0 Å². The maximum atomic E-state index is 12.2. The lowest BCUT2D eigenvalue weighted by molar-refractivity contribution is -0.128. The Balaban J connectivity index is 1.91. The smallest absolute Gasteiger partial charge is 0.240 e. The first-order valence-corrected chi connectivity index (χ1v) is 6.56. The van der Waals surface area contributed by atoms with Gasteiger partial charge in [0.1, 0.15) is 0 Å². The largest absolute Gasteiger partial charge is 0.350 e. The van der Waals surface area contributed by atoms with Crippen LogP contribution < -0.4 is 11.1 Å². The van der Waals surface area contributed by atoms with Gasteiger partial charge in [0.05, 0.1) is 5.54 Å². The first-order chi connectivity index (χ1) is 8.60. The maximum absolute atomic E-state index is 12.2. The minimum atomic E-state index is -0.681. The van der Waals surface area contributed by atoms with Crippen LogP contribution >= 0.6 is 0 Å². The van der Waals surface area contributed by atoms with Crippen LogP contribution in [0.2, 0.25) is 0 Å². The number of nitrogens with two attached hydrogens (primary N) is 1. The van der Waals surface area contributed by atoms with Crippen molar-refractivity contribution in [1.29, 1.82) is 0 Å². The fourth-order valence-corrected chi connectivity index (χ4v) is 2.66. The lowest BCUT2D eigenvalue weighted by Gasteiger charge is -2.35. The van der Waals surface area contributed by atoms with Crippen molar-refractivity contribution in [2.24, 2.45) is 11.7 Å². The molecule has 4 heteroatoms. The van der Waals surface area contributed by atoms with Gasteiger partial charge in [-0.3, -0.25) is 9.78 Å². The molecule has 0 saturated heterocycles. The van der Waals surface area contributed by atoms with Gasteiger partial charge in [-0.1, -0.05) is 25.8 Å². The summed E-state index contributed by atoms with van der Waals surface area (Å²) in [6, 6.07) is 3.81. The third-order valence-corrected chi connectivity index (χ3v) is 3.66. The van der Waals surface area contributed by atoms with E-state index in [1.807, 2.05) is 12.1 Å². The normalized spacial score (nSPS) is 27.8. The average molecular weight is 247 g/mol. The van der Waals surface area contributed by atoms with Crippen LogP contribution in [0.25, 0.3) is 0 Å². The molecule has 1 aliphatic rings. The molecule has 0 aromatic carbocycles. The van der Waals surface area contributed by atoms with Gasteiger partial charge in [0.2, 0.25) is 5.91 Å².